The average molecular weight is 326 g/mol. The molecular formula is C19H22N2O3. The summed E-state index contributed by atoms with van der Waals surface area (Å²) in [5.41, 5.74) is 3.26. The van der Waals surface area contributed by atoms with E-state index in [1.807, 2.05) is 22.9 Å². The van der Waals surface area contributed by atoms with Crippen LogP contribution in [0.1, 0.15) is 50.8 Å². The van der Waals surface area contributed by atoms with Crippen LogP contribution in [0, 0.1) is 0 Å². The third-order valence-electron chi connectivity index (χ3n) is 4.56. The molecule has 1 aliphatic rings. The van der Waals surface area contributed by atoms with Gasteiger partial charge in [0.2, 0.25) is 0 Å². The maximum atomic E-state index is 10.9. The fraction of sp³-hybridized carbons (Fsp3) is 0.368. The van der Waals surface area contributed by atoms with Crippen LogP contribution in [-0.2, 0) is 4.79 Å². The second-order valence-electron chi connectivity index (χ2n) is 6.36. The Hall–Kier alpha value is -2.56. The monoisotopic (exact) mass is 326 g/mol. The van der Waals surface area contributed by atoms with Crippen molar-refractivity contribution in [3.63, 3.8) is 0 Å². The van der Waals surface area contributed by atoms with Crippen LogP contribution in [0.3, 0.4) is 0 Å². The molecule has 0 amide bonds. The van der Waals surface area contributed by atoms with E-state index in [4.69, 9.17) is 10.2 Å². The summed E-state index contributed by atoms with van der Waals surface area (Å²) in [7, 11) is 0. The standard InChI is InChI=1S/C19H22N2O3/c1-13(11-19(23)24)17-12-18(14-7-9-16(22)10-8-14)21(20-17)15-5-3-2-4-6-15/h7-12,15,22H,2-6H2,1H3,(H,23,24)/b13-11+. The molecule has 0 saturated heterocycles. The highest BCUT2D eigenvalue weighted by Gasteiger charge is 2.21. The lowest BCUT2D eigenvalue weighted by molar-refractivity contribution is -0.131. The largest absolute Gasteiger partial charge is 0.508 e. The zero-order valence-electron chi connectivity index (χ0n) is 13.8. The van der Waals surface area contributed by atoms with E-state index in [1.54, 1.807) is 19.1 Å². The summed E-state index contributed by atoms with van der Waals surface area (Å²) in [5, 5.41) is 23.2. The van der Waals surface area contributed by atoms with Gasteiger partial charge in [-0.05, 0) is 55.7 Å². The molecule has 0 aliphatic heterocycles. The molecule has 1 aromatic heterocycles. The average Bonchev–Trinajstić information content (AvgIpc) is 3.01. The van der Waals surface area contributed by atoms with E-state index in [2.05, 4.69) is 0 Å². The summed E-state index contributed by atoms with van der Waals surface area (Å²) in [6, 6.07) is 9.34. The number of phenols is 1. The molecule has 1 aromatic carbocycles. The number of carboxylic acids is 1. The molecule has 1 fully saturated rings. The fourth-order valence-corrected chi connectivity index (χ4v) is 3.30. The fourth-order valence-electron chi connectivity index (χ4n) is 3.30. The maximum absolute atomic E-state index is 10.9. The Morgan fingerprint density at radius 2 is 1.88 bits per heavy atom. The molecule has 0 spiro atoms. The lowest BCUT2D eigenvalue weighted by atomic mass is 9.95. The highest BCUT2D eigenvalue weighted by Crippen LogP contribution is 2.34. The van der Waals surface area contributed by atoms with E-state index in [1.165, 1.54) is 25.3 Å². The Kier molecular flexibility index (Phi) is 4.69. The van der Waals surface area contributed by atoms with Crippen molar-refractivity contribution in [1.29, 1.82) is 0 Å². The summed E-state index contributed by atoms with van der Waals surface area (Å²) < 4.78 is 2.04. The van der Waals surface area contributed by atoms with Gasteiger partial charge in [-0.2, -0.15) is 5.10 Å². The van der Waals surface area contributed by atoms with Gasteiger partial charge in [-0.3, -0.25) is 4.68 Å². The molecule has 5 heteroatoms. The highest BCUT2D eigenvalue weighted by molar-refractivity contribution is 5.89. The van der Waals surface area contributed by atoms with Crippen LogP contribution in [0.5, 0.6) is 5.75 Å². The Labute approximate surface area is 141 Å². The number of carboxylic acid groups (broad SMARTS) is 1. The minimum atomic E-state index is -0.967. The number of phenolic OH excluding ortho intramolecular Hbond substituents is 1. The maximum Gasteiger partial charge on any atom is 0.328 e. The van der Waals surface area contributed by atoms with E-state index >= 15 is 0 Å². The van der Waals surface area contributed by atoms with Gasteiger partial charge in [-0.15, -0.1) is 0 Å². The molecule has 1 heterocycles. The first kappa shape index (κ1) is 16.3. The molecular weight excluding hydrogens is 304 g/mol. The van der Waals surface area contributed by atoms with Gasteiger partial charge in [0.1, 0.15) is 5.75 Å². The van der Waals surface area contributed by atoms with Gasteiger partial charge in [0.25, 0.3) is 0 Å². The van der Waals surface area contributed by atoms with Crippen molar-refractivity contribution in [3.8, 4) is 17.0 Å². The zero-order chi connectivity index (χ0) is 17.1. The molecule has 3 rings (SSSR count). The van der Waals surface area contributed by atoms with Crippen molar-refractivity contribution in [2.75, 3.05) is 0 Å². The Balaban J connectivity index is 2.05. The number of aromatic nitrogens is 2. The number of benzene rings is 1. The molecule has 0 atom stereocenters. The number of rotatable bonds is 4. The number of hydrogen-bond donors (Lipinski definition) is 2. The van der Waals surface area contributed by atoms with Gasteiger partial charge < -0.3 is 10.2 Å². The molecule has 5 nitrogen and oxygen atoms in total. The molecule has 0 unspecified atom stereocenters. The quantitative estimate of drug-likeness (QED) is 0.824. The summed E-state index contributed by atoms with van der Waals surface area (Å²) in [5.74, 6) is -0.740. The second kappa shape index (κ2) is 6.91. The van der Waals surface area contributed by atoms with E-state index in [0.717, 1.165) is 24.1 Å². The van der Waals surface area contributed by atoms with Crippen LogP contribution in [-0.4, -0.2) is 26.0 Å². The number of allylic oxidation sites excluding steroid dienone is 1. The van der Waals surface area contributed by atoms with Crippen LogP contribution in [0.4, 0.5) is 0 Å². The minimum absolute atomic E-state index is 0.227. The van der Waals surface area contributed by atoms with Gasteiger partial charge in [-0.1, -0.05) is 19.3 Å². The Morgan fingerprint density at radius 1 is 1.21 bits per heavy atom. The van der Waals surface area contributed by atoms with Crippen molar-refractivity contribution in [2.45, 2.75) is 45.1 Å². The molecule has 1 saturated carbocycles. The van der Waals surface area contributed by atoms with Crippen molar-refractivity contribution in [2.24, 2.45) is 0 Å². The van der Waals surface area contributed by atoms with Crippen molar-refractivity contribution in [1.82, 2.24) is 9.78 Å². The summed E-state index contributed by atoms with van der Waals surface area (Å²) >= 11 is 0. The second-order valence-corrected chi connectivity index (χ2v) is 6.36. The minimum Gasteiger partial charge on any atom is -0.508 e. The summed E-state index contributed by atoms with van der Waals surface area (Å²) in [6.07, 6.45) is 7.02. The smallest absolute Gasteiger partial charge is 0.328 e. The lowest BCUT2D eigenvalue weighted by Crippen LogP contribution is -2.15. The van der Waals surface area contributed by atoms with Gasteiger partial charge in [0.05, 0.1) is 17.4 Å². The molecule has 2 aromatic rings. The predicted molar refractivity (Wildman–Crippen MR) is 92.7 cm³/mol. The predicted octanol–water partition coefficient (Wildman–Crippen LogP) is 4.25. The molecule has 1 aliphatic carbocycles. The summed E-state index contributed by atoms with van der Waals surface area (Å²) in [6.45, 7) is 1.77. The van der Waals surface area contributed by atoms with Gasteiger partial charge in [-0.25, -0.2) is 4.79 Å². The van der Waals surface area contributed by atoms with Crippen molar-refractivity contribution < 1.29 is 15.0 Å². The first-order valence-electron chi connectivity index (χ1n) is 8.35. The number of aliphatic carboxylic acids is 1. The van der Waals surface area contributed by atoms with Crippen molar-refractivity contribution >= 4 is 11.5 Å². The zero-order valence-corrected chi connectivity index (χ0v) is 13.8. The van der Waals surface area contributed by atoms with Crippen molar-refractivity contribution in [3.05, 3.63) is 42.1 Å². The van der Waals surface area contributed by atoms with Gasteiger partial charge in [0.15, 0.2) is 0 Å². The van der Waals surface area contributed by atoms with Crippen LogP contribution in [0.15, 0.2) is 36.4 Å². The molecule has 24 heavy (non-hydrogen) atoms. The summed E-state index contributed by atoms with van der Waals surface area (Å²) in [4.78, 5) is 10.9. The van der Waals surface area contributed by atoms with E-state index in [-0.39, 0.29) is 5.75 Å². The SMILES string of the molecule is C/C(=C\C(=O)O)c1cc(-c2ccc(O)cc2)n(C2CCCCC2)n1. The van der Waals surface area contributed by atoms with E-state index in [0.29, 0.717) is 17.3 Å². The van der Waals surface area contributed by atoms with E-state index in [9.17, 15) is 9.90 Å². The molecule has 0 radical (unpaired) electrons. The van der Waals surface area contributed by atoms with Gasteiger partial charge in [0, 0.05) is 11.6 Å². The Morgan fingerprint density at radius 3 is 2.50 bits per heavy atom. The highest BCUT2D eigenvalue weighted by atomic mass is 16.4. The van der Waals surface area contributed by atoms with Crippen LogP contribution < -0.4 is 0 Å². The van der Waals surface area contributed by atoms with Crippen LogP contribution >= 0.6 is 0 Å². The number of aromatic hydroxyl groups is 1. The first-order chi connectivity index (χ1) is 11.5. The number of nitrogens with zero attached hydrogens (tertiary/aromatic N) is 2. The number of carbonyl (C=O) groups is 1. The third-order valence-corrected chi connectivity index (χ3v) is 4.56. The number of hydrogen-bond acceptors (Lipinski definition) is 3. The third kappa shape index (κ3) is 3.50. The topological polar surface area (TPSA) is 75.3 Å². The normalized spacial score (nSPS) is 16.3. The Bertz CT molecular complexity index is 753. The van der Waals surface area contributed by atoms with E-state index < -0.39 is 5.97 Å². The van der Waals surface area contributed by atoms with Crippen LogP contribution in [0.2, 0.25) is 0 Å². The molecule has 0 bridgehead atoms. The lowest BCUT2D eigenvalue weighted by Gasteiger charge is -2.24. The first-order valence-corrected chi connectivity index (χ1v) is 8.35. The molecule has 126 valence electrons. The van der Waals surface area contributed by atoms with Crippen LogP contribution in [0.25, 0.3) is 16.8 Å². The molecule has 2 N–H and O–H groups in total. The van der Waals surface area contributed by atoms with Gasteiger partial charge >= 0.3 is 5.97 Å².